The van der Waals surface area contributed by atoms with Crippen molar-refractivity contribution in [3.8, 4) is 0 Å². The Morgan fingerprint density at radius 1 is 1.10 bits per heavy atom. The molecule has 1 aromatic heterocycles. The van der Waals surface area contributed by atoms with Crippen molar-refractivity contribution in [2.75, 3.05) is 6.54 Å². The van der Waals surface area contributed by atoms with Gasteiger partial charge in [-0.15, -0.1) is 0 Å². The number of esters is 1. The maximum absolute atomic E-state index is 12.4. The third kappa shape index (κ3) is 5.77. The first-order valence-corrected chi connectivity index (χ1v) is 11.1. The number of aryl methyl sites for hydroxylation is 2. The van der Waals surface area contributed by atoms with Crippen LogP contribution in [0.25, 0.3) is 0 Å². The highest BCUT2D eigenvalue weighted by Crippen LogP contribution is 2.14. The Labute approximate surface area is 176 Å². The van der Waals surface area contributed by atoms with Crippen LogP contribution in [0, 0.1) is 13.8 Å². The number of sulfonamides is 1. The predicted octanol–water partition coefficient (Wildman–Crippen LogP) is 2.96. The van der Waals surface area contributed by atoms with Crippen molar-refractivity contribution in [3.05, 3.63) is 83.4 Å². The molecular weight excluding hydrogens is 402 g/mol. The van der Waals surface area contributed by atoms with Crippen molar-refractivity contribution in [2.45, 2.75) is 38.3 Å². The Balaban J connectivity index is 1.48. The van der Waals surface area contributed by atoms with Gasteiger partial charge in [-0.1, -0.05) is 36.4 Å². The number of carbonyl (C=O) groups is 1. The Morgan fingerprint density at radius 3 is 2.60 bits per heavy atom. The molecule has 0 unspecified atom stereocenters. The molecule has 0 fully saturated rings. The minimum absolute atomic E-state index is 0.0303. The summed E-state index contributed by atoms with van der Waals surface area (Å²) in [5, 5.41) is 0. The van der Waals surface area contributed by atoms with Crippen LogP contribution in [-0.2, 0) is 32.7 Å². The second-order valence-corrected chi connectivity index (χ2v) is 8.78. The van der Waals surface area contributed by atoms with Crippen LogP contribution >= 0.6 is 0 Å². The number of aromatic nitrogens is 2. The molecule has 3 rings (SSSR count). The molecule has 1 N–H and O–H groups in total. The summed E-state index contributed by atoms with van der Waals surface area (Å²) in [5.74, 6) is 0.134. The Morgan fingerprint density at radius 2 is 1.87 bits per heavy atom. The molecule has 0 aliphatic rings. The maximum Gasteiger partial charge on any atom is 0.307 e. The van der Waals surface area contributed by atoms with Crippen LogP contribution in [0.3, 0.4) is 0 Å². The monoisotopic (exact) mass is 427 g/mol. The molecule has 0 aliphatic heterocycles. The summed E-state index contributed by atoms with van der Waals surface area (Å²) in [6.07, 6.45) is 3.42. The lowest BCUT2D eigenvalue weighted by Gasteiger charge is -2.10. The van der Waals surface area contributed by atoms with E-state index in [1.165, 1.54) is 0 Å². The van der Waals surface area contributed by atoms with Gasteiger partial charge in [-0.3, -0.25) is 4.79 Å². The highest BCUT2D eigenvalue weighted by Gasteiger charge is 2.15. The minimum atomic E-state index is -3.67. The van der Waals surface area contributed by atoms with E-state index in [-0.39, 0.29) is 24.5 Å². The van der Waals surface area contributed by atoms with Gasteiger partial charge in [0.05, 0.1) is 11.3 Å². The summed E-state index contributed by atoms with van der Waals surface area (Å²) in [6.45, 7) is 4.40. The number of benzene rings is 2. The van der Waals surface area contributed by atoms with E-state index in [1.54, 1.807) is 24.4 Å². The van der Waals surface area contributed by atoms with Gasteiger partial charge in [0.1, 0.15) is 12.4 Å². The van der Waals surface area contributed by atoms with Gasteiger partial charge < -0.3 is 9.30 Å². The molecule has 7 nitrogen and oxygen atoms in total. The average molecular weight is 428 g/mol. The number of imidazole rings is 1. The number of hydrogen-bond donors (Lipinski definition) is 1. The van der Waals surface area contributed by atoms with E-state index in [0.717, 1.165) is 16.7 Å². The van der Waals surface area contributed by atoms with Crippen molar-refractivity contribution in [1.82, 2.24) is 14.3 Å². The normalized spacial score (nSPS) is 11.4. The molecule has 3 aromatic rings. The second kappa shape index (κ2) is 9.69. The lowest BCUT2D eigenvalue weighted by Crippen LogP contribution is -2.27. The topological polar surface area (TPSA) is 90.3 Å². The van der Waals surface area contributed by atoms with Crippen molar-refractivity contribution in [3.63, 3.8) is 0 Å². The molecule has 0 spiro atoms. The molecule has 0 atom stereocenters. The van der Waals surface area contributed by atoms with Crippen molar-refractivity contribution < 1.29 is 17.9 Å². The highest BCUT2D eigenvalue weighted by atomic mass is 32.2. The van der Waals surface area contributed by atoms with E-state index in [0.29, 0.717) is 12.4 Å². The Hall–Kier alpha value is -2.97. The van der Waals surface area contributed by atoms with E-state index < -0.39 is 16.0 Å². The summed E-state index contributed by atoms with van der Waals surface area (Å²) in [4.78, 5) is 16.5. The zero-order valence-corrected chi connectivity index (χ0v) is 17.9. The van der Waals surface area contributed by atoms with Crippen molar-refractivity contribution >= 4 is 16.0 Å². The molecule has 2 aromatic carbocycles. The lowest BCUT2D eigenvalue weighted by molar-refractivity contribution is -0.145. The van der Waals surface area contributed by atoms with Crippen LogP contribution in [0.4, 0.5) is 0 Å². The SMILES string of the molecule is Cc1ccc(S(=O)(=O)NCCC(=O)OCc2nccn2Cc2ccccc2)cc1C. The molecule has 0 radical (unpaired) electrons. The largest absolute Gasteiger partial charge is 0.457 e. The van der Waals surface area contributed by atoms with E-state index in [2.05, 4.69) is 9.71 Å². The first-order valence-electron chi connectivity index (χ1n) is 9.61. The predicted molar refractivity (Wildman–Crippen MR) is 113 cm³/mol. The molecule has 0 aliphatic carbocycles. The molecule has 0 saturated heterocycles. The summed E-state index contributed by atoms with van der Waals surface area (Å²) < 4.78 is 34.3. The Bertz CT molecular complexity index is 1110. The van der Waals surface area contributed by atoms with E-state index in [9.17, 15) is 13.2 Å². The first kappa shape index (κ1) is 21.7. The van der Waals surface area contributed by atoms with Crippen LogP contribution in [-0.4, -0.2) is 30.5 Å². The number of nitrogens with one attached hydrogen (secondary N) is 1. The molecule has 158 valence electrons. The van der Waals surface area contributed by atoms with Gasteiger partial charge in [-0.2, -0.15) is 0 Å². The quantitative estimate of drug-likeness (QED) is 0.530. The highest BCUT2D eigenvalue weighted by molar-refractivity contribution is 7.89. The molecule has 0 bridgehead atoms. The van der Waals surface area contributed by atoms with Crippen LogP contribution in [0.1, 0.15) is 28.9 Å². The molecule has 30 heavy (non-hydrogen) atoms. The van der Waals surface area contributed by atoms with Crippen LogP contribution in [0.5, 0.6) is 0 Å². The number of nitrogens with zero attached hydrogens (tertiary/aromatic N) is 2. The number of hydrogen-bond acceptors (Lipinski definition) is 5. The fourth-order valence-corrected chi connectivity index (χ4v) is 3.99. The summed E-state index contributed by atoms with van der Waals surface area (Å²) in [5.41, 5.74) is 3.02. The smallest absolute Gasteiger partial charge is 0.307 e. The minimum Gasteiger partial charge on any atom is -0.457 e. The third-order valence-electron chi connectivity index (χ3n) is 4.77. The van der Waals surface area contributed by atoms with E-state index >= 15 is 0 Å². The molecule has 0 saturated carbocycles. The molecule has 8 heteroatoms. The van der Waals surface area contributed by atoms with Crippen molar-refractivity contribution in [1.29, 1.82) is 0 Å². The van der Waals surface area contributed by atoms with Crippen LogP contribution in [0.2, 0.25) is 0 Å². The third-order valence-corrected chi connectivity index (χ3v) is 6.23. The van der Waals surface area contributed by atoms with Gasteiger partial charge in [-0.05, 0) is 42.7 Å². The van der Waals surface area contributed by atoms with Crippen molar-refractivity contribution in [2.24, 2.45) is 0 Å². The number of ether oxygens (including phenoxy) is 1. The molecular formula is C22H25N3O4S. The van der Waals surface area contributed by atoms with Gasteiger partial charge in [0.15, 0.2) is 0 Å². The van der Waals surface area contributed by atoms with Gasteiger partial charge in [0.25, 0.3) is 0 Å². The summed E-state index contributed by atoms with van der Waals surface area (Å²) >= 11 is 0. The first-order chi connectivity index (χ1) is 14.3. The fourth-order valence-electron chi connectivity index (χ4n) is 2.87. The lowest BCUT2D eigenvalue weighted by atomic mass is 10.1. The average Bonchev–Trinajstić information content (AvgIpc) is 3.16. The molecule has 1 heterocycles. The summed E-state index contributed by atoms with van der Waals surface area (Å²) in [6, 6.07) is 14.8. The summed E-state index contributed by atoms with van der Waals surface area (Å²) in [7, 11) is -3.67. The van der Waals surface area contributed by atoms with E-state index in [4.69, 9.17) is 4.74 Å². The van der Waals surface area contributed by atoms with Crippen LogP contribution in [0.15, 0.2) is 65.8 Å². The van der Waals surface area contributed by atoms with E-state index in [1.807, 2.05) is 54.9 Å². The standard InChI is InChI=1S/C22H25N3O4S/c1-17-8-9-20(14-18(17)2)30(27,28)24-11-10-22(26)29-16-21-23-12-13-25(21)15-19-6-4-3-5-7-19/h3-9,12-14,24H,10-11,15-16H2,1-2H3. The maximum atomic E-state index is 12.4. The van der Waals surface area contributed by atoms with Gasteiger partial charge in [-0.25, -0.2) is 18.1 Å². The zero-order valence-electron chi connectivity index (χ0n) is 17.0. The fraction of sp³-hybridized carbons (Fsp3) is 0.273. The van der Waals surface area contributed by atoms with Gasteiger partial charge in [0, 0.05) is 25.5 Å². The van der Waals surface area contributed by atoms with Gasteiger partial charge >= 0.3 is 5.97 Å². The molecule has 0 amide bonds. The van der Waals surface area contributed by atoms with Gasteiger partial charge in [0.2, 0.25) is 10.0 Å². The second-order valence-electron chi connectivity index (χ2n) is 7.01. The van der Waals surface area contributed by atoms with Crippen LogP contribution < -0.4 is 4.72 Å². The zero-order chi connectivity index (χ0) is 21.6. The Kier molecular flexibility index (Phi) is 7.02. The number of carbonyl (C=O) groups excluding carboxylic acids is 1. The number of rotatable bonds is 9.